The average Bonchev–Trinajstić information content (AvgIpc) is 3.39. The number of fused-ring (bicyclic) bond motifs is 1. The van der Waals surface area contributed by atoms with Gasteiger partial charge in [0.2, 0.25) is 17.7 Å². The van der Waals surface area contributed by atoms with E-state index < -0.39 is 17.1 Å². The van der Waals surface area contributed by atoms with Gasteiger partial charge in [0.15, 0.2) is 0 Å². The number of amides is 2. The highest BCUT2D eigenvalue weighted by Crippen LogP contribution is 2.46. The standard InChI is InChI=1S/C37H41N7O6/c1-23(45)43(20-24-11-12-27(47-6)18-31(24)48-7)21-37(5)22-44(35(46)50-36(2,3)4)32-26(19-38)16-25(17-28(32)37)29-13-15-40-34(41-29)42-30-10-9-14-39-33(30)49-8/h9-18H,20-22H2,1-8H3,(H,40,41,42). The van der Waals surface area contributed by atoms with Crippen molar-refractivity contribution in [3.8, 4) is 34.7 Å². The molecule has 4 aromatic rings. The number of benzene rings is 2. The summed E-state index contributed by atoms with van der Waals surface area (Å²) in [6.45, 7) is 9.47. The minimum absolute atomic E-state index is 0.163. The number of aromatic nitrogens is 3. The maximum Gasteiger partial charge on any atom is 0.414 e. The molecule has 0 spiro atoms. The molecule has 0 bridgehead atoms. The minimum atomic E-state index is -0.823. The second-order valence-corrected chi connectivity index (χ2v) is 13.2. The fourth-order valence-corrected chi connectivity index (χ4v) is 5.98. The Labute approximate surface area is 291 Å². The lowest BCUT2D eigenvalue weighted by Crippen LogP contribution is -2.45. The van der Waals surface area contributed by atoms with Gasteiger partial charge in [-0.1, -0.05) is 6.92 Å². The maximum atomic E-state index is 13.7. The molecule has 1 atom stereocenters. The zero-order valence-electron chi connectivity index (χ0n) is 29.5. The number of ether oxygens (including phenoxy) is 4. The summed E-state index contributed by atoms with van der Waals surface area (Å²) in [6.07, 6.45) is 2.64. The van der Waals surface area contributed by atoms with E-state index in [1.165, 1.54) is 18.9 Å². The van der Waals surface area contributed by atoms with Crippen LogP contribution in [0, 0.1) is 11.3 Å². The first-order valence-electron chi connectivity index (χ1n) is 15.9. The van der Waals surface area contributed by atoms with Gasteiger partial charge in [-0.2, -0.15) is 5.26 Å². The SMILES string of the molecule is COc1ccc(CN(CC2(C)CN(C(=O)OC(C)(C)C)c3c(C#N)cc(-c4ccnc(Nc5cccnc5OC)n4)cc32)C(C)=O)c(OC)c1. The van der Waals surface area contributed by atoms with Crippen molar-refractivity contribution in [2.75, 3.05) is 44.6 Å². The largest absolute Gasteiger partial charge is 0.497 e. The quantitative estimate of drug-likeness (QED) is 0.203. The van der Waals surface area contributed by atoms with Gasteiger partial charge in [0.1, 0.15) is 28.9 Å². The summed E-state index contributed by atoms with van der Waals surface area (Å²) in [5, 5.41) is 13.6. The number of carbonyl (C=O) groups excluding carboxylic acids is 2. The number of nitrogens with one attached hydrogen (secondary N) is 1. The third kappa shape index (κ3) is 7.54. The molecule has 5 rings (SSSR count). The number of rotatable bonds is 10. The van der Waals surface area contributed by atoms with Crippen LogP contribution < -0.4 is 24.4 Å². The topological polar surface area (TPSA) is 152 Å². The van der Waals surface area contributed by atoms with Gasteiger partial charge in [0, 0.05) is 61.6 Å². The summed E-state index contributed by atoms with van der Waals surface area (Å²) in [4.78, 5) is 43.5. The summed E-state index contributed by atoms with van der Waals surface area (Å²) in [5.41, 5.74) is 2.33. The van der Waals surface area contributed by atoms with Crippen LogP contribution >= 0.6 is 0 Å². The lowest BCUT2D eigenvalue weighted by molar-refractivity contribution is -0.130. The van der Waals surface area contributed by atoms with Gasteiger partial charge >= 0.3 is 6.09 Å². The van der Waals surface area contributed by atoms with E-state index in [4.69, 9.17) is 23.9 Å². The van der Waals surface area contributed by atoms with Gasteiger partial charge in [-0.15, -0.1) is 0 Å². The van der Waals surface area contributed by atoms with Crippen LogP contribution in [0.15, 0.2) is 60.9 Å². The first-order valence-corrected chi connectivity index (χ1v) is 15.9. The lowest BCUT2D eigenvalue weighted by Gasteiger charge is -2.33. The van der Waals surface area contributed by atoms with E-state index in [1.54, 1.807) is 82.6 Å². The Morgan fingerprint density at radius 1 is 1.04 bits per heavy atom. The number of hydrogen-bond donors (Lipinski definition) is 1. The van der Waals surface area contributed by atoms with Gasteiger partial charge in [-0.3, -0.25) is 9.69 Å². The molecule has 1 aliphatic heterocycles. The number of pyridine rings is 1. The summed E-state index contributed by atoms with van der Waals surface area (Å²) in [5.74, 6) is 1.71. The van der Waals surface area contributed by atoms with Gasteiger partial charge in [-0.05, 0) is 68.8 Å². The molecule has 50 heavy (non-hydrogen) atoms. The zero-order chi connectivity index (χ0) is 36.2. The third-order valence-corrected chi connectivity index (χ3v) is 8.27. The number of methoxy groups -OCH3 is 3. The highest BCUT2D eigenvalue weighted by molar-refractivity contribution is 5.95. The predicted octanol–water partition coefficient (Wildman–Crippen LogP) is 6.24. The first-order chi connectivity index (χ1) is 23.8. The Bertz CT molecular complexity index is 1950. The fourth-order valence-electron chi connectivity index (χ4n) is 5.98. The van der Waals surface area contributed by atoms with Crippen molar-refractivity contribution >= 4 is 29.3 Å². The molecule has 260 valence electrons. The highest BCUT2D eigenvalue weighted by atomic mass is 16.6. The second-order valence-electron chi connectivity index (χ2n) is 13.2. The molecule has 0 aliphatic carbocycles. The van der Waals surface area contributed by atoms with Crippen LogP contribution in [-0.4, -0.2) is 71.9 Å². The zero-order valence-corrected chi connectivity index (χ0v) is 29.5. The normalized spacial score (nSPS) is 15.1. The molecule has 0 fully saturated rings. The molecule has 0 saturated heterocycles. The average molecular weight is 680 g/mol. The van der Waals surface area contributed by atoms with E-state index in [1.807, 2.05) is 25.1 Å². The maximum absolute atomic E-state index is 13.7. The van der Waals surface area contributed by atoms with Crippen molar-refractivity contribution in [3.05, 3.63) is 77.6 Å². The van der Waals surface area contributed by atoms with Crippen molar-refractivity contribution < 1.29 is 28.5 Å². The van der Waals surface area contributed by atoms with Crippen molar-refractivity contribution in [2.24, 2.45) is 0 Å². The Morgan fingerprint density at radius 3 is 2.48 bits per heavy atom. The van der Waals surface area contributed by atoms with Crippen LogP contribution in [0.25, 0.3) is 11.3 Å². The molecule has 13 heteroatoms. The van der Waals surface area contributed by atoms with E-state index in [-0.39, 0.29) is 31.1 Å². The summed E-state index contributed by atoms with van der Waals surface area (Å²) in [7, 11) is 4.67. The monoisotopic (exact) mass is 679 g/mol. The van der Waals surface area contributed by atoms with E-state index in [0.29, 0.717) is 51.5 Å². The third-order valence-electron chi connectivity index (χ3n) is 8.27. The van der Waals surface area contributed by atoms with Crippen molar-refractivity contribution in [1.29, 1.82) is 5.26 Å². The summed E-state index contributed by atoms with van der Waals surface area (Å²) >= 11 is 0. The van der Waals surface area contributed by atoms with E-state index >= 15 is 0 Å². The first kappa shape index (κ1) is 35.4. The van der Waals surface area contributed by atoms with Gasteiger partial charge in [-0.25, -0.2) is 19.7 Å². The van der Waals surface area contributed by atoms with Gasteiger partial charge < -0.3 is 29.2 Å². The number of nitrogens with zero attached hydrogens (tertiary/aromatic N) is 6. The lowest BCUT2D eigenvalue weighted by atomic mass is 9.82. The Hall–Kier alpha value is -5.90. The molecule has 1 aliphatic rings. The van der Waals surface area contributed by atoms with Crippen LogP contribution in [0.3, 0.4) is 0 Å². The molecule has 2 amide bonds. The van der Waals surface area contributed by atoms with Gasteiger partial charge in [0.25, 0.3) is 0 Å². The number of nitriles is 1. The molecule has 3 heterocycles. The number of carbonyl (C=O) groups is 2. The molecule has 2 aromatic heterocycles. The van der Waals surface area contributed by atoms with E-state index in [2.05, 4.69) is 21.4 Å². The highest BCUT2D eigenvalue weighted by Gasteiger charge is 2.46. The Balaban J connectivity index is 1.59. The Kier molecular flexibility index (Phi) is 10.1. The summed E-state index contributed by atoms with van der Waals surface area (Å²) in [6, 6.07) is 16.7. The van der Waals surface area contributed by atoms with Crippen LogP contribution in [-0.2, 0) is 21.5 Å². The number of hydrogen-bond acceptors (Lipinski definition) is 11. The predicted molar refractivity (Wildman–Crippen MR) is 188 cm³/mol. The van der Waals surface area contributed by atoms with Crippen molar-refractivity contribution in [1.82, 2.24) is 19.9 Å². The number of anilines is 3. The Morgan fingerprint density at radius 2 is 1.82 bits per heavy atom. The molecule has 13 nitrogen and oxygen atoms in total. The van der Waals surface area contributed by atoms with E-state index in [0.717, 1.165) is 5.56 Å². The fraction of sp³-hybridized carbons (Fsp3) is 0.351. The van der Waals surface area contributed by atoms with Gasteiger partial charge in [0.05, 0.1) is 38.3 Å². The van der Waals surface area contributed by atoms with Crippen molar-refractivity contribution in [2.45, 2.75) is 52.2 Å². The van der Waals surface area contributed by atoms with E-state index in [9.17, 15) is 14.9 Å². The molecule has 0 radical (unpaired) electrons. The van der Waals surface area contributed by atoms with Crippen LogP contribution in [0.1, 0.15) is 51.3 Å². The van der Waals surface area contributed by atoms with Crippen LogP contribution in [0.5, 0.6) is 17.4 Å². The summed E-state index contributed by atoms with van der Waals surface area (Å²) < 4.78 is 22.1. The van der Waals surface area contributed by atoms with Crippen molar-refractivity contribution in [3.63, 3.8) is 0 Å². The smallest absolute Gasteiger partial charge is 0.414 e. The molecular weight excluding hydrogens is 638 g/mol. The molecule has 0 saturated carbocycles. The molecule has 1 N–H and O–H groups in total. The van der Waals surface area contributed by atoms with Crippen LogP contribution in [0.2, 0.25) is 0 Å². The molecule has 2 aromatic carbocycles. The molecule has 1 unspecified atom stereocenters. The second kappa shape index (κ2) is 14.3. The van der Waals surface area contributed by atoms with Crippen LogP contribution in [0.4, 0.5) is 22.1 Å². The minimum Gasteiger partial charge on any atom is -0.497 e. The molecular formula is C37H41N7O6.